The molecule has 9 heteroatoms. The molecule has 6 nitrogen and oxygen atoms in total. The van der Waals surface area contributed by atoms with Gasteiger partial charge in [0.05, 0.1) is 19.1 Å². The van der Waals surface area contributed by atoms with Crippen LogP contribution in [0.3, 0.4) is 0 Å². The molecule has 0 bridgehead atoms. The van der Waals surface area contributed by atoms with Crippen molar-refractivity contribution in [3.05, 3.63) is 58.1 Å². The molecule has 1 atom stereocenters. The van der Waals surface area contributed by atoms with Gasteiger partial charge in [0.1, 0.15) is 11.8 Å². The predicted octanol–water partition coefficient (Wildman–Crippen LogP) is 3.47. The Hall–Kier alpha value is -1.96. The Morgan fingerprint density at radius 2 is 1.70 bits per heavy atom. The number of anilines is 1. The monoisotopic (exact) mass is 430 g/mol. The molecule has 0 fully saturated rings. The van der Waals surface area contributed by atoms with Gasteiger partial charge in [0.25, 0.3) is 0 Å². The SMILES string of the molecule is COc1ccc(CNC(=O)C(C)N(c2cc(Cl)cc(Cl)c2)S(C)(=O)=O)cc1. The quantitative estimate of drug-likeness (QED) is 0.729. The third-order valence-corrected chi connectivity index (χ3v) is 5.49. The van der Waals surface area contributed by atoms with E-state index in [1.807, 2.05) is 12.1 Å². The molecule has 1 unspecified atom stereocenters. The second-order valence-corrected chi connectivity index (χ2v) is 8.66. The van der Waals surface area contributed by atoms with Crippen molar-refractivity contribution in [2.75, 3.05) is 17.7 Å². The van der Waals surface area contributed by atoms with E-state index < -0.39 is 22.0 Å². The summed E-state index contributed by atoms with van der Waals surface area (Å²) in [5, 5.41) is 3.29. The lowest BCUT2D eigenvalue weighted by atomic mass is 10.2. The number of halogens is 2. The zero-order valence-corrected chi connectivity index (χ0v) is 17.4. The first-order valence-electron chi connectivity index (χ1n) is 7.98. The van der Waals surface area contributed by atoms with Gasteiger partial charge in [-0.05, 0) is 42.8 Å². The molecule has 146 valence electrons. The van der Waals surface area contributed by atoms with E-state index in [-0.39, 0.29) is 22.3 Å². The molecular formula is C18H20Cl2N2O4S. The molecule has 0 aliphatic carbocycles. The van der Waals surface area contributed by atoms with Crippen molar-refractivity contribution >= 4 is 44.8 Å². The molecule has 0 saturated carbocycles. The van der Waals surface area contributed by atoms with Crippen molar-refractivity contribution in [2.45, 2.75) is 19.5 Å². The second-order valence-electron chi connectivity index (χ2n) is 5.93. The fourth-order valence-corrected chi connectivity index (χ4v) is 4.23. The first kappa shape index (κ1) is 21.3. The second kappa shape index (κ2) is 8.82. The number of carbonyl (C=O) groups is 1. The van der Waals surface area contributed by atoms with Crippen LogP contribution in [-0.4, -0.2) is 33.7 Å². The minimum Gasteiger partial charge on any atom is -0.497 e. The van der Waals surface area contributed by atoms with Crippen LogP contribution in [0.25, 0.3) is 0 Å². The maximum atomic E-state index is 12.6. The van der Waals surface area contributed by atoms with Gasteiger partial charge in [-0.2, -0.15) is 0 Å². The van der Waals surface area contributed by atoms with E-state index in [0.29, 0.717) is 5.75 Å². The number of methoxy groups -OCH3 is 1. The van der Waals surface area contributed by atoms with Crippen LogP contribution in [0.5, 0.6) is 5.75 Å². The number of hydrogen-bond acceptors (Lipinski definition) is 4. The number of benzene rings is 2. The molecule has 2 aromatic carbocycles. The average Bonchev–Trinajstić information content (AvgIpc) is 2.58. The molecule has 1 amide bonds. The van der Waals surface area contributed by atoms with Crippen LogP contribution in [-0.2, 0) is 21.4 Å². The van der Waals surface area contributed by atoms with Gasteiger partial charge < -0.3 is 10.1 Å². The van der Waals surface area contributed by atoms with Crippen molar-refractivity contribution < 1.29 is 17.9 Å². The third kappa shape index (κ3) is 5.76. The van der Waals surface area contributed by atoms with Gasteiger partial charge in [-0.1, -0.05) is 35.3 Å². The highest BCUT2D eigenvalue weighted by atomic mass is 35.5. The zero-order chi connectivity index (χ0) is 20.2. The number of hydrogen-bond donors (Lipinski definition) is 1. The van der Waals surface area contributed by atoms with Gasteiger partial charge >= 0.3 is 0 Å². The van der Waals surface area contributed by atoms with E-state index >= 15 is 0 Å². The number of carbonyl (C=O) groups excluding carboxylic acids is 1. The summed E-state index contributed by atoms with van der Waals surface area (Å²) in [7, 11) is -2.18. The number of nitrogens with zero attached hydrogens (tertiary/aromatic N) is 1. The van der Waals surface area contributed by atoms with E-state index in [0.717, 1.165) is 16.1 Å². The van der Waals surface area contributed by atoms with Crippen molar-refractivity contribution in [2.24, 2.45) is 0 Å². The minimum atomic E-state index is -3.75. The van der Waals surface area contributed by atoms with Crippen LogP contribution < -0.4 is 14.4 Å². The maximum Gasteiger partial charge on any atom is 0.243 e. The summed E-state index contributed by atoms with van der Waals surface area (Å²) in [6.45, 7) is 1.75. The lowest BCUT2D eigenvalue weighted by molar-refractivity contribution is -0.122. The van der Waals surface area contributed by atoms with E-state index in [4.69, 9.17) is 27.9 Å². The van der Waals surface area contributed by atoms with Crippen LogP contribution in [0.2, 0.25) is 10.0 Å². The lowest BCUT2D eigenvalue weighted by Crippen LogP contribution is -2.47. The summed E-state index contributed by atoms with van der Waals surface area (Å²) in [5.74, 6) is 0.256. The Labute approximate surface area is 169 Å². The third-order valence-electron chi connectivity index (χ3n) is 3.82. The van der Waals surface area contributed by atoms with E-state index in [1.54, 1.807) is 19.2 Å². The normalized spacial score (nSPS) is 12.3. The van der Waals surface area contributed by atoms with Crippen molar-refractivity contribution in [3.63, 3.8) is 0 Å². The Morgan fingerprint density at radius 1 is 1.15 bits per heavy atom. The molecule has 0 aromatic heterocycles. The first-order valence-corrected chi connectivity index (χ1v) is 10.6. The standard InChI is InChI=1S/C18H20Cl2N2O4S/c1-12(18(23)21-11-13-4-6-17(26-2)7-5-13)22(27(3,24)25)16-9-14(19)8-15(20)10-16/h4-10,12H,11H2,1-3H3,(H,21,23). The van der Waals surface area contributed by atoms with Crippen molar-refractivity contribution in [3.8, 4) is 5.75 Å². The van der Waals surface area contributed by atoms with Gasteiger partial charge in [-0.15, -0.1) is 0 Å². The molecule has 0 spiro atoms. The van der Waals surface area contributed by atoms with E-state index in [9.17, 15) is 13.2 Å². The molecular weight excluding hydrogens is 411 g/mol. The highest BCUT2D eigenvalue weighted by Crippen LogP contribution is 2.28. The molecule has 0 aliphatic heterocycles. The number of nitrogens with one attached hydrogen (secondary N) is 1. The highest BCUT2D eigenvalue weighted by Gasteiger charge is 2.29. The largest absolute Gasteiger partial charge is 0.497 e. The van der Waals surface area contributed by atoms with E-state index in [2.05, 4.69) is 5.32 Å². The molecule has 2 rings (SSSR count). The van der Waals surface area contributed by atoms with Gasteiger partial charge in [0.15, 0.2) is 0 Å². The average molecular weight is 431 g/mol. The smallest absolute Gasteiger partial charge is 0.243 e. The number of rotatable bonds is 7. The molecule has 0 saturated heterocycles. The van der Waals surface area contributed by atoms with Crippen LogP contribution >= 0.6 is 23.2 Å². The summed E-state index contributed by atoms with van der Waals surface area (Å²) in [4.78, 5) is 12.6. The first-order chi connectivity index (χ1) is 12.6. The zero-order valence-electron chi connectivity index (χ0n) is 15.1. The summed E-state index contributed by atoms with van der Waals surface area (Å²) in [5.41, 5.74) is 1.08. The summed E-state index contributed by atoms with van der Waals surface area (Å²) in [6.07, 6.45) is 1.02. The molecule has 1 N–H and O–H groups in total. The van der Waals surface area contributed by atoms with Crippen LogP contribution in [0, 0.1) is 0 Å². The molecule has 0 aliphatic rings. The maximum absolute atomic E-state index is 12.6. The summed E-state index contributed by atoms with van der Waals surface area (Å²) < 4.78 is 30.7. The predicted molar refractivity (Wildman–Crippen MR) is 108 cm³/mol. The van der Waals surface area contributed by atoms with Gasteiger partial charge in [0, 0.05) is 16.6 Å². The van der Waals surface area contributed by atoms with Gasteiger partial charge in [-0.3, -0.25) is 9.10 Å². The fraction of sp³-hybridized carbons (Fsp3) is 0.278. The highest BCUT2D eigenvalue weighted by molar-refractivity contribution is 7.92. The molecule has 0 heterocycles. The lowest BCUT2D eigenvalue weighted by Gasteiger charge is -2.28. The number of amides is 1. The van der Waals surface area contributed by atoms with Crippen LogP contribution in [0.1, 0.15) is 12.5 Å². The van der Waals surface area contributed by atoms with Gasteiger partial charge in [0.2, 0.25) is 15.9 Å². The minimum absolute atomic E-state index is 0.224. The summed E-state index contributed by atoms with van der Waals surface area (Å²) in [6, 6.07) is 10.6. The van der Waals surface area contributed by atoms with Crippen molar-refractivity contribution in [1.82, 2.24) is 5.32 Å². The number of sulfonamides is 1. The molecule has 0 radical (unpaired) electrons. The molecule has 2 aromatic rings. The topological polar surface area (TPSA) is 75.7 Å². The van der Waals surface area contributed by atoms with Gasteiger partial charge in [-0.25, -0.2) is 8.42 Å². The van der Waals surface area contributed by atoms with Crippen LogP contribution in [0.15, 0.2) is 42.5 Å². The summed E-state index contributed by atoms with van der Waals surface area (Å²) >= 11 is 12.0. The van der Waals surface area contributed by atoms with E-state index in [1.165, 1.54) is 25.1 Å². The molecule has 27 heavy (non-hydrogen) atoms. The Morgan fingerprint density at radius 3 is 2.19 bits per heavy atom. The van der Waals surface area contributed by atoms with Crippen LogP contribution in [0.4, 0.5) is 5.69 Å². The Kier molecular flexibility index (Phi) is 6.97. The Balaban J connectivity index is 2.19. The Bertz CT molecular complexity index is 897. The van der Waals surface area contributed by atoms with Crippen molar-refractivity contribution in [1.29, 1.82) is 0 Å². The number of ether oxygens (including phenoxy) is 1. The fourth-order valence-electron chi connectivity index (χ4n) is 2.56.